The third-order valence-electron chi connectivity index (χ3n) is 3.03. The Labute approximate surface area is 111 Å². The Kier molecular flexibility index (Phi) is 2.52. The van der Waals surface area contributed by atoms with Gasteiger partial charge in [-0.2, -0.15) is 0 Å². The van der Waals surface area contributed by atoms with Gasteiger partial charge in [-0.3, -0.25) is 10.1 Å². The van der Waals surface area contributed by atoms with Gasteiger partial charge in [-0.15, -0.1) is 0 Å². The molecule has 88 valence electrons. The SMILES string of the molecule is O=[N+]([O-])c1c(Br)ccc2c1ccc1ccccc12. The van der Waals surface area contributed by atoms with Crippen LogP contribution in [0.5, 0.6) is 0 Å². The van der Waals surface area contributed by atoms with Crippen molar-refractivity contribution in [2.24, 2.45) is 0 Å². The summed E-state index contributed by atoms with van der Waals surface area (Å²) in [5, 5.41) is 14.8. The molecule has 3 rings (SSSR count). The summed E-state index contributed by atoms with van der Waals surface area (Å²) in [6, 6.07) is 15.2. The number of rotatable bonds is 1. The molecule has 3 aromatic rings. The van der Waals surface area contributed by atoms with E-state index in [4.69, 9.17) is 0 Å². The number of hydrogen-bond acceptors (Lipinski definition) is 2. The third-order valence-corrected chi connectivity index (χ3v) is 3.67. The van der Waals surface area contributed by atoms with Gasteiger partial charge in [0.25, 0.3) is 5.69 Å². The Morgan fingerprint density at radius 3 is 2.39 bits per heavy atom. The van der Waals surface area contributed by atoms with Crippen LogP contribution >= 0.6 is 15.9 Å². The van der Waals surface area contributed by atoms with Gasteiger partial charge in [0, 0.05) is 0 Å². The van der Waals surface area contributed by atoms with Crippen LogP contribution in [0.1, 0.15) is 0 Å². The summed E-state index contributed by atoms with van der Waals surface area (Å²) in [7, 11) is 0. The van der Waals surface area contributed by atoms with Crippen LogP contribution in [0.3, 0.4) is 0 Å². The highest BCUT2D eigenvalue weighted by atomic mass is 79.9. The second-order valence-electron chi connectivity index (χ2n) is 4.03. The van der Waals surface area contributed by atoms with E-state index in [-0.39, 0.29) is 10.6 Å². The molecule has 0 fully saturated rings. The lowest BCUT2D eigenvalue weighted by molar-refractivity contribution is -0.383. The van der Waals surface area contributed by atoms with Gasteiger partial charge in [0.2, 0.25) is 0 Å². The summed E-state index contributed by atoms with van der Waals surface area (Å²) in [4.78, 5) is 10.8. The Morgan fingerprint density at radius 1 is 0.889 bits per heavy atom. The van der Waals surface area contributed by atoms with Crippen LogP contribution in [0.2, 0.25) is 0 Å². The van der Waals surface area contributed by atoms with E-state index in [1.165, 1.54) is 0 Å². The van der Waals surface area contributed by atoms with Gasteiger partial charge in [0.15, 0.2) is 0 Å². The summed E-state index contributed by atoms with van der Waals surface area (Å²) in [5.74, 6) is 0. The number of nitro benzene ring substituents is 1. The fraction of sp³-hybridized carbons (Fsp3) is 0. The van der Waals surface area contributed by atoms with E-state index < -0.39 is 0 Å². The monoisotopic (exact) mass is 301 g/mol. The second-order valence-corrected chi connectivity index (χ2v) is 4.89. The first-order valence-electron chi connectivity index (χ1n) is 5.43. The zero-order valence-corrected chi connectivity index (χ0v) is 10.8. The lowest BCUT2D eigenvalue weighted by Gasteiger charge is -2.05. The molecule has 0 N–H and O–H groups in total. The summed E-state index contributed by atoms with van der Waals surface area (Å²) in [6.07, 6.45) is 0. The van der Waals surface area contributed by atoms with E-state index in [0.717, 1.165) is 16.2 Å². The van der Waals surface area contributed by atoms with Crippen molar-refractivity contribution in [1.29, 1.82) is 0 Å². The number of halogens is 1. The average Bonchev–Trinajstić information content (AvgIpc) is 2.37. The molecule has 0 saturated carbocycles. The van der Waals surface area contributed by atoms with Crippen molar-refractivity contribution < 1.29 is 4.92 Å². The molecule has 3 nitrogen and oxygen atoms in total. The van der Waals surface area contributed by atoms with Crippen LogP contribution in [-0.4, -0.2) is 4.92 Å². The second kappa shape index (κ2) is 4.07. The fourth-order valence-corrected chi connectivity index (χ4v) is 2.72. The summed E-state index contributed by atoms with van der Waals surface area (Å²) < 4.78 is 0.510. The minimum absolute atomic E-state index is 0.123. The molecule has 0 amide bonds. The first-order chi connectivity index (χ1) is 8.68. The smallest absolute Gasteiger partial charge is 0.258 e. The molecule has 0 heterocycles. The Morgan fingerprint density at radius 2 is 1.61 bits per heavy atom. The van der Waals surface area contributed by atoms with Crippen molar-refractivity contribution in [3.05, 3.63) is 63.1 Å². The first-order valence-corrected chi connectivity index (χ1v) is 6.22. The van der Waals surface area contributed by atoms with Gasteiger partial charge < -0.3 is 0 Å². The molecule has 0 bridgehead atoms. The number of nitro groups is 1. The van der Waals surface area contributed by atoms with E-state index in [1.807, 2.05) is 36.4 Å². The quantitative estimate of drug-likeness (QED) is 0.372. The van der Waals surface area contributed by atoms with Crippen molar-refractivity contribution >= 4 is 43.2 Å². The Balaban J connectivity index is 2.55. The molecular formula is C14H8BrNO2. The van der Waals surface area contributed by atoms with E-state index in [1.54, 1.807) is 12.1 Å². The predicted octanol–water partition coefficient (Wildman–Crippen LogP) is 4.66. The van der Waals surface area contributed by atoms with Gasteiger partial charge >= 0.3 is 0 Å². The van der Waals surface area contributed by atoms with Gasteiger partial charge in [-0.05, 0) is 44.2 Å². The normalized spacial score (nSPS) is 10.9. The van der Waals surface area contributed by atoms with E-state index in [9.17, 15) is 10.1 Å². The van der Waals surface area contributed by atoms with Crippen LogP contribution in [-0.2, 0) is 0 Å². The van der Waals surface area contributed by atoms with Crippen LogP contribution < -0.4 is 0 Å². The minimum Gasteiger partial charge on any atom is -0.258 e. The molecule has 0 aliphatic rings. The number of benzene rings is 3. The van der Waals surface area contributed by atoms with Crippen LogP contribution in [0.4, 0.5) is 5.69 Å². The van der Waals surface area contributed by atoms with Gasteiger partial charge in [-0.25, -0.2) is 0 Å². The summed E-state index contributed by atoms with van der Waals surface area (Å²) in [5.41, 5.74) is 0.123. The molecule has 0 aliphatic heterocycles. The zero-order chi connectivity index (χ0) is 12.7. The average molecular weight is 302 g/mol. The highest BCUT2D eigenvalue weighted by Gasteiger charge is 2.17. The molecule has 18 heavy (non-hydrogen) atoms. The molecule has 0 aliphatic carbocycles. The van der Waals surface area contributed by atoms with Crippen molar-refractivity contribution in [3.63, 3.8) is 0 Å². The highest BCUT2D eigenvalue weighted by molar-refractivity contribution is 9.10. The molecule has 0 spiro atoms. The van der Waals surface area contributed by atoms with Crippen molar-refractivity contribution in [1.82, 2.24) is 0 Å². The molecular weight excluding hydrogens is 294 g/mol. The number of nitrogens with zero attached hydrogens (tertiary/aromatic N) is 1. The molecule has 0 unspecified atom stereocenters. The molecule has 0 aromatic heterocycles. The zero-order valence-electron chi connectivity index (χ0n) is 9.26. The van der Waals surface area contributed by atoms with Crippen molar-refractivity contribution in [2.75, 3.05) is 0 Å². The van der Waals surface area contributed by atoms with E-state index >= 15 is 0 Å². The largest absolute Gasteiger partial charge is 0.291 e. The van der Waals surface area contributed by atoms with Crippen LogP contribution in [0.25, 0.3) is 21.5 Å². The standard InChI is InChI=1S/C14H8BrNO2/c15-13-8-7-11-10-4-2-1-3-9(10)5-6-12(11)14(13)16(17)18/h1-8H. The highest BCUT2D eigenvalue weighted by Crippen LogP contribution is 2.36. The van der Waals surface area contributed by atoms with E-state index in [0.29, 0.717) is 9.86 Å². The third kappa shape index (κ3) is 1.57. The maximum absolute atomic E-state index is 11.1. The topological polar surface area (TPSA) is 43.1 Å². The molecule has 4 heteroatoms. The lowest BCUT2D eigenvalue weighted by Crippen LogP contribution is -1.91. The maximum Gasteiger partial charge on any atom is 0.291 e. The minimum atomic E-state index is -0.346. The molecule has 0 atom stereocenters. The van der Waals surface area contributed by atoms with Crippen molar-refractivity contribution in [2.45, 2.75) is 0 Å². The van der Waals surface area contributed by atoms with Crippen LogP contribution in [0, 0.1) is 10.1 Å². The fourth-order valence-electron chi connectivity index (χ4n) is 2.23. The number of hydrogen-bond donors (Lipinski definition) is 0. The lowest BCUT2D eigenvalue weighted by atomic mass is 10.0. The Bertz CT molecular complexity index is 783. The first kappa shape index (κ1) is 11.2. The predicted molar refractivity (Wildman–Crippen MR) is 75.8 cm³/mol. The summed E-state index contributed by atoms with van der Waals surface area (Å²) in [6.45, 7) is 0. The van der Waals surface area contributed by atoms with Gasteiger partial charge in [0.05, 0.1) is 14.8 Å². The maximum atomic E-state index is 11.1. The van der Waals surface area contributed by atoms with Crippen molar-refractivity contribution in [3.8, 4) is 0 Å². The van der Waals surface area contributed by atoms with E-state index in [2.05, 4.69) is 15.9 Å². The number of fused-ring (bicyclic) bond motifs is 3. The Hall–Kier alpha value is -1.94. The van der Waals surface area contributed by atoms with Gasteiger partial charge in [0.1, 0.15) is 0 Å². The van der Waals surface area contributed by atoms with Crippen LogP contribution in [0.15, 0.2) is 53.0 Å². The summed E-state index contributed by atoms with van der Waals surface area (Å²) >= 11 is 3.24. The molecule has 3 aromatic carbocycles. The van der Waals surface area contributed by atoms with Gasteiger partial charge in [-0.1, -0.05) is 36.4 Å². The molecule has 0 radical (unpaired) electrons. The molecule has 0 saturated heterocycles.